The van der Waals surface area contributed by atoms with Gasteiger partial charge in [-0.15, -0.1) is 11.3 Å². The molecule has 0 saturated heterocycles. The molecule has 1 N–H and O–H groups in total. The lowest BCUT2D eigenvalue weighted by Crippen LogP contribution is -2.36. The smallest absolute Gasteiger partial charge is 0.263 e. The summed E-state index contributed by atoms with van der Waals surface area (Å²) in [5.41, 5.74) is 1.30. The third-order valence-corrected chi connectivity index (χ3v) is 7.33. The highest BCUT2D eigenvalue weighted by Crippen LogP contribution is 2.35. The van der Waals surface area contributed by atoms with Gasteiger partial charge in [0.15, 0.2) is 5.16 Å². The minimum Gasteiger partial charge on any atom is -0.353 e. The Bertz CT molecular complexity index is 914. The molecule has 2 aromatic rings. The van der Waals surface area contributed by atoms with E-state index in [0.29, 0.717) is 17.6 Å². The number of aryl methyl sites for hydroxylation is 2. The fourth-order valence-corrected chi connectivity index (χ4v) is 5.75. The van der Waals surface area contributed by atoms with Crippen molar-refractivity contribution in [1.29, 1.82) is 0 Å². The predicted octanol–water partition coefficient (Wildman–Crippen LogP) is 4.39. The Hall–Kier alpha value is -1.34. The monoisotopic (exact) mass is 421 g/mol. The van der Waals surface area contributed by atoms with Crippen LogP contribution in [-0.2, 0) is 24.2 Å². The largest absolute Gasteiger partial charge is 0.353 e. The van der Waals surface area contributed by atoms with Gasteiger partial charge in [0.05, 0.1) is 10.6 Å². The molecule has 1 unspecified atom stereocenters. The van der Waals surface area contributed by atoms with Gasteiger partial charge in [-0.3, -0.25) is 14.2 Å². The number of thiophene rings is 1. The number of amides is 1. The Morgan fingerprint density at radius 3 is 2.61 bits per heavy atom. The number of fused-ring (bicyclic) bond motifs is 3. The number of carbonyl (C=O) groups is 1. The molecule has 1 amide bonds. The molecule has 0 radical (unpaired) electrons. The minimum absolute atomic E-state index is 0.0183. The highest BCUT2D eigenvalue weighted by Gasteiger charge is 2.24. The number of nitrogens with one attached hydrogen (secondary N) is 1. The van der Waals surface area contributed by atoms with E-state index in [0.717, 1.165) is 35.9 Å². The highest BCUT2D eigenvalue weighted by molar-refractivity contribution is 8.00. The Labute approximate surface area is 175 Å². The first kappa shape index (κ1) is 21.4. The fourth-order valence-electron chi connectivity index (χ4n) is 3.51. The maximum atomic E-state index is 13.4. The van der Waals surface area contributed by atoms with Crippen molar-refractivity contribution in [3.63, 3.8) is 0 Å². The third kappa shape index (κ3) is 4.62. The molecule has 0 aliphatic heterocycles. The van der Waals surface area contributed by atoms with Crippen molar-refractivity contribution in [2.24, 2.45) is 5.92 Å². The second-order valence-electron chi connectivity index (χ2n) is 8.35. The first-order valence-electron chi connectivity index (χ1n) is 10.3. The molecule has 1 atom stereocenters. The van der Waals surface area contributed by atoms with Crippen LogP contribution in [0.1, 0.15) is 64.3 Å². The van der Waals surface area contributed by atoms with Gasteiger partial charge in [0.1, 0.15) is 4.83 Å². The van der Waals surface area contributed by atoms with Crippen LogP contribution in [0.4, 0.5) is 0 Å². The van der Waals surface area contributed by atoms with E-state index in [1.807, 2.05) is 25.3 Å². The molecule has 5 nitrogen and oxygen atoms in total. The van der Waals surface area contributed by atoms with Gasteiger partial charge in [-0.1, -0.05) is 25.6 Å². The minimum atomic E-state index is -0.299. The van der Waals surface area contributed by atoms with Crippen LogP contribution in [0.5, 0.6) is 0 Å². The summed E-state index contributed by atoms with van der Waals surface area (Å²) in [5, 5.41) is 4.15. The Kier molecular flexibility index (Phi) is 6.86. The van der Waals surface area contributed by atoms with E-state index in [9.17, 15) is 9.59 Å². The summed E-state index contributed by atoms with van der Waals surface area (Å²) in [5.74, 6) is 0.480. The molecule has 1 aliphatic carbocycles. The van der Waals surface area contributed by atoms with Crippen LogP contribution in [-0.4, -0.2) is 26.8 Å². The molecule has 0 aromatic carbocycles. The molecule has 0 saturated carbocycles. The van der Waals surface area contributed by atoms with Crippen molar-refractivity contribution >= 4 is 39.2 Å². The van der Waals surface area contributed by atoms with Crippen molar-refractivity contribution in [2.75, 3.05) is 0 Å². The summed E-state index contributed by atoms with van der Waals surface area (Å²) < 4.78 is 1.81. The second-order valence-corrected chi connectivity index (χ2v) is 10.7. The summed E-state index contributed by atoms with van der Waals surface area (Å²) >= 11 is 3.06. The first-order valence-corrected chi connectivity index (χ1v) is 12.0. The molecule has 0 bridgehead atoms. The number of thioether (sulfide) groups is 1. The molecule has 2 heterocycles. The average Bonchev–Trinajstić information content (AvgIpc) is 2.98. The van der Waals surface area contributed by atoms with E-state index in [-0.39, 0.29) is 22.8 Å². The second kappa shape index (κ2) is 8.99. The highest BCUT2D eigenvalue weighted by atomic mass is 32.2. The van der Waals surface area contributed by atoms with Crippen LogP contribution < -0.4 is 10.9 Å². The summed E-state index contributed by atoms with van der Waals surface area (Å²) in [6, 6.07) is 0.0955. The van der Waals surface area contributed by atoms with Gasteiger partial charge in [0, 0.05) is 17.5 Å². The normalized spacial score (nSPS) is 15.2. The first-order chi connectivity index (χ1) is 13.3. The summed E-state index contributed by atoms with van der Waals surface area (Å²) in [6.07, 6.45) is 5.29. The van der Waals surface area contributed by atoms with Gasteiger partial charge >= 0.3 is 0 Å². The SMILES string of the molecule is CC(C)CCn1c(SC(C)C(=O)NC(C)C)nc2sc3c(c2c1=O)CCCC3. The van der Waals surface area contributed by atoms with Crippen molar-refractivity contribution in [3.05, 3.63) is 20.8 Å². The van der Waals surface area contributed by atoms with Gasteiger partial charge in [-0.25, -0.2) is 4.98 Å². The summed E-state index contributed by atoms with van der Waals surface area (Å²) in [6.45, 7) is 10.8. The summed E-state index contributed by atoms with van der Waals surface area (Å²) in [7, 11) is 0. The summed E-state index contributed by atoms with van der Waals surface area (Å²) in [4.78, 5) is 32.9. The Balaban J connectivity index is 2.03. The molecule has 154 valence electrons. The number of hydrogen-bond acceptors (Lipinski definition) is 5. The van der Waals surface area contributed by atoms with Crippen LogP contribution in [0.2, 0.25) is 0 Å². The predicted molar refractivity (Wildman–Crippen MR) is 119 cm³/mol. The van der Waals surface area contributed by atoms with Crippen LogP contribution in [0, 0.1) is 5.92 Å². The average molecular weight is 422 g/mol. The van der Waals surface area contributed by atoms with E-state index in [1.165, 1.54) is 28.6 Å². The standard InChI is InChI=1S/C21H31N3O2S2/c1-12(2)10-11-24-20(26)17-15-8-6-7-9-16(15)28-19(17)23-21(24)27-14(5)18(25)22-13(3)4/h12-14H,6-11H2,1-5H3,(H,22,25). The molecule has 0 spiro atoms. The number of nitrogens with zero attached hydrogens (tertiary/aromatic N) is 2. The lowest BCUT2D eigenvalue weighted by molar-refractivity contribution is -0.120. The zero-order valence-corrected chi connectivity index (χ0v) is 19.1. The van der Waals surface area contributed by atoms with Crippen LogP contribution in [0.25, 0.3) is 10.2 Å². The molecule has 7 heteroatoms. The van der Waals surface area contributed by atoms with Gasteiger partial charge in [-0.05, 0) is 64.4 Å². The maximum Gasteiger partial charge on any atom is 0.263 e. The van der Waals surface area contributed by atoms with Gasteiger partial charge in [-0.2, -0.15) is 0 Å². The molecule has 3 rings (SSSR count). The van der Waals surface area contributed by atoms with Crippen LogP contribution >= 0.6 is 23.1 Å². The van der Waals surface area contributed by atoms with Crippen molar-refractivity contribution in [2.45, 2.75) is 89.7 Å². The number of rotatable bonds is 7. The molecule has 0 fully saturated rings. The zero-order valence-electron chi connectivity index (χ0n) is 17.5. The number of aromatic nitrogens is 2. The molecule has 1 aliphatic rings. The van der Waals surface area contributed by atoms with Gasteiger partial charge in [0.2, 0.25) is 5.91 Å². The van der Waals surface area contributed by atoms with E-state index < -0.39 is 0 Å². The quantitative estimate of drug-likeness (QED) is 0.532. The number of carbonyl (C=O) groups excluding carboxylic acids is 1. The van der Waals surface area contributed by atoms with Crippen molar-refractivity contribution in [3.8, 4) is 0 Å². The Morgan fingerprint density at radius 1 is 1.21 bits per heavy atom. The van der Waals surface area contributed by atoms with Crippen LogP contribution in [0.3, 0.4) is 0 Å². The molecular formula is C21H31N3O2S2. The van der Waals surface area contributed by atoms with Gasteiger partial charge < -0.3 is 5.32 Å². The molecular weight excluding hydrogens is 390 g/mol. The third-order valence-electron chi connectivity index (χ3n) is 5.05. The van der Waals surface area contributed by atoms with E-state index in [4.69, 9.17) is 4.98 Å². The topological polar surface area (TPSA) is 64.0 Å². The zero-order chi connectivity index (χ0) is 20.4. The Morgan fingerprint density at radius 2 is 1.93 bits per heavy atom. The van der Waals surface area contributed by atoms with E-state index in [2.05, 4.69) is 19.2 Å². The maximum absolute atomic E-state index is 13.4. The van der Waals surface area contributed by atoms with E-state index in [1.54, 1.807) is 11.3 Å². The van der Waals surface area contributed by atoms with Crippen molar-refractivity contribution < 1.29 is 4.79 Å². The van der Waals surface area contributed by atoms with E-state index >= 15 is 0 Å². The fraction of sp³-hybridized carbons (Fsp3) is 0.667. The number of hydrogen-bond donors (Lipinski definition) is 1. The molecule has 28 heavy (non-hydrogen) atoms. The van der Waals surface area contributed by atoms with Crippen molar-refractivity contribution in [1.82, 2.24) is 14.9 Å². The lowest BCUT2D eigenvalue weighted by atomic mass is 9.97. The van der Waals surface area contributed by atoms with Gasteiger partial charge in [0.25, 0.3) is 5.56 Å². The van der Waals surface area contributed by atoms with Crippen LogP contribution in [0.15, 0.2) is 9.95 Å². The lowest BCUT2D eigenvalue weighted by Gasteiger charge is -2.17. The molecule has 2 aromatic heterocycles.